The highest BCUT2D eigenvalue weighted by Crippen LogP contribution is 2.27. The molecule has 0 bridgehead atoms. The fourth-order valence-corrected chi connectivity index (χ4v) is 1.88. The van der Waals surface area contributed by atoms with Gasteiger partial charge in [0.2, 0.25) is 0 Å². The number of fused-ring (bicyclic) bond motifs is 1. The summed E-state index contributed by atoms with van der Waals surface area (Å²) < 4.78 is 7.29. The van der Waals surface area contributed by atoms with Crippen molar-refractivity contribution in [1.29, 1.82) is 0 Å². The number of hydrogen-bond acceptors (Lipinski definition) is 2. The topological polar surface area (TPSA) is 31.2 Å². The first kappa shape index (κ1) is 9.77. The largest absolute Gasteiger partial charge is 0.495 e. The lowest BCUT2D eigenvalue weighted by Gasteiger charge is -2.05. The minimum Gasteiger partial charge on any atom is -0.495 e. The Morgan fingerprint density at radius 2 is 2.27 bits per heavy atom. The molecule has 1 aromatic heterocycles. The summed E-state index contributed by atoms with van der Waals surface area (Å²) in [6.45, 7) is 0. The summed E-state index contributed by atoms with van der Waals surface area (Å²) in [7, 11) is 3.60. The number of carbonyl (C=O) groups excluding carboxylic acids is 1. The van der Waals surface area contributed by atoms with Gasteiger partial charge in [-0.15, -0.1) is 0 Å². The number of benzene rings is 1. The molecule has 0 aliphatic carbocycles. The third-order valence-corrected chi connectivity index (χ3v) is 2.63. The third kappa shape index (κ3) is 1.50. The fraction of sp³-hybridized carbons (Fsp3) is 0.250. The minimum absolute atomic E-state index is 0.439. The molecule has 0 spiro atoms. The molecule has 15 heavy (non-hydrogen) atoms. The third-order valence-electron chi connectivity index (χ3n) is 2.63. The Morgan fingerprint density at radius 3 is 2.93 bits per heavy atom. The zero-order chi connectivity index (χ0) is 10.8. The number of rotatable bonds is 3. The number of aryl methyl sites for hydroxylation is 1. The van der Waals surface area contributed by atoms with Gasteiger partial charge in [-0.1, -0.05) is 12.1 Å². The number of nitrogens with zero attached hydrogens (tertiary/aromatic N) is 1. The first-order valence-electron chi connectivity index (χ1n) is 4.83. The number of aromatic nitrogens is 1. The Bertz CT molecular complexity index is 500. The van der Waals surface area contributed by atoms with E-state index in [1.54, 1.807) is 7.11 Å². The van der Waals surface area contributed by atoms with Gasteiger partial charge >= 0.3 is 0 Å². The van der Waals surface area contributed by atoms with Crippen LogP contribution < -0.4 is 4.74 Å². The van der Waals surface area contributed by atoms with Crippen LogP contribution >= 0.6 is 0 Å². The normalized spacial score (nSPS) is 10.5. The highest BCUT2D eigenvalue weighted by molar-refractivity contribution is 5.87. The van der Waals surface area contributed by atoms with Crippen LogP contribution in [0.25, 0.3) is 10.9 Å². The molecule has 0 saturated heterocycles. The lowest BCUT2D eigenvalue weighted by Crippen LogP contribution is -1.97. The maximum Gasteiger partial charge on any atom is 0.143 e. The van der Waals surface area contributed by atoms with E-state index in [1.165, 1.54) is 0 Å². The van der Waals surface area contributed by atoms with E-state index in [-0.39, 0.29) is 0 Å². The zero-order valence-corrected chi connectivity index (χ0v) is 8.86. The molecule has 0 atom stereocenters. The minimum atomic E-state index is 0.439. The van der Waals surface area contributed by atoms with Crippen LogP contribution in [0.2, 0.25) is 0 Å². The molecule has 78 valence electrons. The molecule has 2 rings (SSSR count). The number of ether oxygens (including phenoxy) is 1. The van der Waals surface area contributed by atoms with Crippen LogP contribution in [0.4, 0.5) is 0 Å². The van der Waals surface area contributed by atoms with E-state index >= 15 is 0 Å². The summed E-state index contributed by atoms with van der Waals surface area (Å²) in [5, 5.41) is 1.11. The van der Waals surface area contributed by atoms with Crippen LogP contribution in [-0.2, 0) is 18.3 Å². The van der Waals surface area contributed by atoms with Gasteiger partial charge < -0.3 is 14.1 Å². The predicted molar refractivity (Wildman–Crippen MR) is 59.2 cm³/mol. The molecule has 1 heterocycles. The molecule has 0 N–H and O–H groups in total. The highest BCUT2D eigenvalue weighted by atomic mass is 16.5. The highest BCUT2D eigenvalue weighted by Gasteiger charge is 2.09. The lowest BCUT2D eigenvalue weighted by atomic mass is 10.2. The molecule has 0 fully saturated rings. The first-order valence-corrected chi connectivity index (χ1v) is 4.83. The van der Waals surface area contributed by atoms with Crippen molar-refractivity contribution in [3.05, 3.63) is 30.0 Å². The van der Waals surface area contributed by atoms with Gasteiger partial charge in [0.1, 0.15) is 12.0 Å². The van der Waals surface area contributed by atoms with Gasteiger partial charge in [-0.3, -0.25) is 0 Å². The molecule has 2 aromatic rings. The van der Waals surface area contributed by atoms with Gasteiger partial charge in [-0.2, -0.15) is 0 Å². The average Bonchev–Trinajstić information content (AvgIpc) is 2.57. The van der Waals surface area contributed by atoms with Gasteiger partial charge in [0.05, 0.1) is 12.6 Å². The van der Waals surface area contributed by atoms with Gasteiger partial charge in [0.15, 0.2) is 0 Å². The van der Waals surface area contributed by atoms with E-state index in [4.69, 9.17) is 4.74 Å². The smallest absolute Gasteiger partial charge is 0.143 e. The summed E-state index contributed by atoms with van der Waals surface area (Å²) in [6.07, 6.45) is 1.36. The molecule has 3 nitrogen and oxygen atoms in total. The van der Waals surface area contributed by atoms with Crippen LogP contribution in [-0.4, -0.2) is 18.0 Å². The van der Waals surface area contributed by atoms with Gasteiger partial charge in [0, 0.05) is 24.5 Å². The van der Waals surface area contributed by atoms with Crippen molar-refractivity contribution in [2.75, 3.05) is 7.11 Å². The summed E-state index contributed by atoms with van der Waals surface area (Å²) >= 11 is 0. The lowest BCUT2D eigenvalue weighted by molar-refractivity contribution is -0.107. The van der Waals surface area contributed by atoms with Crippen molar-refractivity contribution in [2.24, 2.45) is 7.05 Å². The molecule has 3 heteroatoms. The second-order valence-electron chi connectivity index (χ2n) is 3.46. The van der Waals surface area contributed by atoms with Crippen molar-refractivity contribution in [3.8, 4) is 5.75 Å². The Morgan fingerprint density at radius 1 is 1.47 bits per heavy atom. The molecule has 0 aliphatic heterocycles. The fourth-order valence-electron chi connectivity index (χ4n) is 1.88. The Labute approximate surface area is 88.3 Å². The van der Waals surface area contributed by atoms with E-state index in [0.717, 1.165) is 28.6 Å². The monoisotopic (exact) mass is 203 g/mol. The summed E-state index contributed by atoms with van der Waals surface area (Å²) in [5.41, 5.74) is 2.04. The molecule has 0 amide bonds. The van der Waals surface area contributed by atoms with Crippen molar-refractivity contribution >= 4 is 17.2 Å². The Balaban J connectivity index is 2.70. The van der Waals surface area contributed by atoms with Crippen LogP contribution in [0.5, 0.6) is 5.75 Å². The van der Waals surface area contributed by atoms with Crippen LogP contribution in [0.3, 0.4) is 0 Å². The maximum atomic E-state index is 10.5. The number of methoxy groups -OCH3 is 1. The molecule has 0 radical (unpaired) electrons. The Kier molecular flexibility index (Phi) is 2.46. The van der Waals surface area contributed by atoms with E-state index < -0.39 is 0 Å². The van der Waals surface area contributed by atoms with Crippen LogP contribution in [0.15, 0.2) is 24.3 Å². The molecular formula is C12H13NO2. The van der Waals surface area contributed by atoms with Gasteiger partial charge in [-0.25, -0.2) is 0 Å². The summed E-state index contributed by atoms with van der Waals surface area (Å²) in [5.74, 6) is 0.840. The molecule has 1 aromatic carbocycles. The Hall–Kier alpha value is -1.77. The van der Waals surface area contributed by atoms with E-state index in [2.05, 4.69) is 0 Å². The molecule has 0 aliphatic rings. The summed E-state index contributed by atoms with van der Waals surface area (Å²) in [6, 6.07) is 7.91. The van der Waals surface area contributed by atoms with Gasteiger partial charge in [0.25, 0.3) is 0 Å². The molecular weight excluding hydrogens is 190 g/mol. The van der Waals surface area contributed by atoms with Crippen LogP contribution in [0.1, 0.15) is 5.69 Å². The predicted octanol–water partition coefficient (Wildman–Crippen LogP) is 1.93. The second-order valence-corrected chi connectivity index (χ2v) is 3.46. The number of hydrogen-bond donors (Lipinski definition) is 0. The molecule has 0 unspecified atom stereocenters. The van der Waals surface area contributed by atoms with E-state index in [9.17, 15) is 4.79 Å². The number of carbonyl (C=O) groups is 1. The standard InChI is InChI=1S/C12H13NO2/c1-13-10(6-7-14)8-9-4-3-5-11(15-2)12(9)13/h3-5,7-8H,6H2,1-2H3. The van der Waals surface area contributed by atoms with Crippen LogP contribution in [0, 0.1) is 0 Å². The van der Waals surface area contributed by atoms with Crippen molar-refractivity contribution < 1.29 is 9.53 Å². The second kappa shape index (κ2) is 3.77. The average molecular weight is 203 g/mol. The SMILES string of the molecule is COc1cccc2cc(CC=O)n(C)c12. The quantitative estimate of drug-likeness (QED) is 0.714. The maximum absolute atomic E-state index is 10.5. The van der Waals surface area contributed by atoms with Crippen molar-refractivity contribution in [2.45, 2.75) is 6.42 Å². The number of aldehydes is 1. The zero-order valence-electron chi connectivity index (χ0n) is 8.86. The van der Waals surface area contributed by atoms with E-state index in [0.29, 0.717) is 6.42 Å². The van der Waals surface area contributed by atoms with Gasteiger partial charge in [-0.05, 0) is 12.1 Å². The van der Waals surface area contributed by atoms with Crippen molar-refractivity contribution in [1.82, 2.24) is 4.57 Å². The molecule has 0 saturated carbocycles. The van der Waals surface area contributed by atoms with E-state index in [1.807, 2.05) is 35.9 Å². The first-order chi connectivity index (χ1) is 7.27. The van der Waals surface area contributed by atoms with Crippen molar-refractivity contribution in [3.63, 3.8) is 0 Å². The summed E-state index contributed by atoms with van der Waals surface area (Å²) in [4.78, 5) is 10.5. The number of para-hydroxylation sites is 1.